The first-order valence-electron chi connectivity index (χ1n) is 18.6. The second-order valence-electron chi connectivity index (χ2n) is 21.4. The van der Waals surface area contributed by atoms with Crippen molar-refractivity contribution in [2.75, 3.05) is 0 Å². The molecule has 26 atom stereocenters. The van der Waals surface area contributed by atoms with E-state index in [0.717, 1.165) is 91.2 Å². The Labute approximate surface area is 236 Å². The molecule has 26 unspecified atom stereocenters. The molecule has 14 aliphatic rings. The molecule has 4 bridgehead atoms. The van der Waals surface area contributed by atoms with Gasteiger partial charge in [-0.25, -0.2) is 0 Å². The predicted octanol–water partition coefficient (Wildman–Crippen LogP) is 8.02. The summed E-state index contributed by atoms with van der Waals surface area (Å²) in [5.74, 6) is 19.5. The summed E-state index contributed by atoms with van der Waals surface area (Å²) in [6, 6.07) is 0. The highest BCUT2D eigenvalue weighted by Gasteiger charge is 3.14. The summed E-state index contributed by atoms with van der Waals surface area (Å²) in [6.07, 6.45) is 10.0. The maximum Gasteiger partial charge on any atom is -0.0102 e. The number of rotatable bonds is 1. The van der Waals surface area contributed by atoms with E-state index < -0.39 is 0 Å². The van der Waals surface area contributed by atoms with Gasteiger partial charge in [-0.3, -0.25) is 0 Å². The summed E-state index contributed by atoms with van der Waals surface area (Å²) < 4.78 is 0. The van der Waals surface area contributed by atoms with Crippen LogP contribution >= 0.6 is 0 Å². The van der Waals surface area contributed by atoms with Crippen LogP contribution in [0.25, 0.3) is 0 Å². The van der Waals surface area contributed by atoms with Crippen molar-refractivity contribution in [3.8, 4) is 0 Å². The second-order valence-corrected chi connectivity index (χ2v) is 21.4. The van der Waals surface area contributed by atoms with Crippen LogP contribution < -0.4 is 0 Å². The maximum absolute atomic E-state index is 3.13. The molecule has 0 heteroatoms. The lowest BCUT2D eigenvalue weighted by Crippen LogP contribution is -2.87. The lowest BCUT2D eigenvalue weighted by molar-refractivity contribution is -0.443. The van der Waals surface area contributed by atoms with Crippen molar-refractivity contribution < 1.29 is 0 Å². The summed E-state index contributed by atoms with van der Waals surface area (Å²) in [7, 11) is 0. The number of hydrogen-bond acceptors (Lipinski definition) is 0. The van der Waals surface area contributed by atoms with E-state index in [1.165, 1.54) is 53.8 Å². The van der Waals surface area contributed by atoms with Crippen molar-refractivity contribution in [3.05, 3.63) is 0 Å². The van der Waals surface area contributed by atoms with Crippen LogP contribution in [-0.2, 0) is 0 Å². The first-order valence-corrected chi connectivity index (χ1v) is 18.6. The van der Waals surface area contributed by atoms with E-state index in [9.17, 15) is 0 Å². The van der Waals surface area contributed by atoms with E-state index in [4.69, 9.17) is 0 Å². The first kappa shape index (κ1) is 20.0. The third-order valence-corrected chi connectivity index (χ3v) is 25.4. The molecule has 206 valence electrons. The van der Waals surface area contributed by atoms with Gasteiger partial charge in [-0.15, -0.1) is 0 Å². The minimum atomic E-state index is 0.628. The highest BCUT2D eigenvalue weighted by molar-refractivity contribution is 5.61. The van der Waals surface area contributed by atoms with Gasteiger partial charge in [0, 0.05) is 0 Å². The van der Waals surface area contributed by atoms with E-state index in [1.54, 1.807) is 32.1 Å². The van der Waals surface area contributed by atoms with E-state index in [2.05, 4.69) is 48.5 Å². The van der Waals surface area contributed by atoms with E-state index in [-0.39, 0.29) is 0 Å². The van der Waals surface area contributed by atoms with Gasteiger partial charge in [-0.1, -0.05) is 54.9 Å². The Balaban J connectivity index is 1.23. The van der Waals surface area contributed by atoms with Crippen LogP contribution in [-0.4, -0.2) is 0 Å². The molecule has 14 saturated carbocycles. The molecule has 0 nitrogen and oxygen atoms in total. The third-order valence-electron chi connectivity index (χ3n) is 25.4. The largest absolute Gasteiger partial charge is 0.0651 e. The van der Waals surface area contributed by atoms with Crippen LogP contribution in [0.5, 0.6) is 0 Å². The zero-order chi connectivity index (χ0) is 25.6. The molecule has 5 spiro atoms. The minimum absolute atomic E-state index is 0.628. The smallest absolute Gasteiger partial charge is 0.0102 e. The van der Waals surface area contributed by atoms with Gasteiger partial charge in [0.2, 0.25) is 0 Å². The minimum Gasteiger partial charge on any atom is -0.0651 e. The van der Waals surface area contributed by atoms with Crippen molar-refractivity contribution in [3.63, 3.8) is 0 Å². The molecule has 14 aliphatic carbocycles. The lowest BCUT2D eigenvalue weighted by atomic mass is 9.13. The molecular formula is C39H50. The SMILES string of the molecule is CCC1C2C34CCC25C2C3C3C(C)C6(C)C3C3C4C4C7C8CCC9C%10C3C63CC4(C1(C)C5(C)C2C)C7(C%103)C98C. The normalized spacial score (nSPS) is 95.3. The zero-order valence-electron chi connectivity index (χ0n) is 25.6. The summed E-state index contributed by atoms with van der Waals surface area (Å²) in [5.41, 5.74) is 6.61. The van der Waals surface area contributed by atoms with E-state index in [0.29, 0.717) is 10.8 Å². The first-order chi connectivity index (χ1) is 18.6. The summed E-state index contributed by atoms with van der Waals surface area (Å²) in [4.78, 5) is 0. The molecule has 39 heavy (non-hydrogen) atoms. The van der Waals surface area contributed by atoms with Crippen LogP contribution in [0.2, 0.25) is 0 Å². The molecule has 0 N–H and O–H groups in total. The van der Waals surface area contributed by atoms with Gasteiger partial charge in [0.1, 0.15) is 0 Å². The van der Waals surface area contributed by atoms with Gasteiger partial charge in [-0.2, -0.15) is 0 Å². The third kappa shape index (κ3) is 0.931. The van der Waals surface area contributed by atoms with E-state index in [1.807, 2.05) is 0 Å². The van der Waals surface area contributed by atoms with Gasteiger partial charge >= 0.3 is 0 Å². The molecule has 0 amide bonds. The Kier molecular flexibility index (Phi) is 2.17. The summed E-state index contributed by atoms with van der Waals surface area (Å²) >= 11 is 0. The van der Waals surface area contributed by atoms with Crippen molar-refractivity contribution in [1.29, 1.82) is 0 Å². The zero-order valence-corrected chi connectivity index (χ0v) is 25.6. The van der Waals surface area contributed by atoms with Gasteiger partial charge in [0.05, 0.1) is 0 Å². The molecule has 0 saturated heterocycles. The van der Waals surface area contributed by atoms with Crippen molar-refractivity contribution in [2.45, 2.75) is 87.0 Å². The topological polar surface area (TPSA) is 0 Å². The average Bonchev–Trinajstić information content (AvgIpc) is 3.60. The monoisotopic (exact) mass is 518 g/mol. The second kappa shape index (κ2) is 4.22. The fourth-order valence-corrected chi connectivity index (χ4v) is 27.1. The van der Waals surface area contributed by atoms with Gasteiger partial charge in [-0.05, 0) is 181 Å². The number of hydrogen-bond donors (Lipinski definition) is 0. The molecular weight excluding hydrogens is 468 g/mol. The molecule has 0 aliphatic heterocycles. The van der Waals surface area contributed by atoms with Gasteiger partial charge < -0.3 is 0 Å². The Hall–Kier alpha value is 0. The Bertz CT molecular complexity index is 1510. The van der Waals surface area contributed by atoms with Crippen LogP contribution in [0.4, 0.5) is 0 Å². The van der Waals surface area contributed by atoms with Gasteiger partial charge in [0.25, 0.3) is 0 Å². The Morgan fingerprint density at radius 2 is 1.38 bits per heavy atom. The molecule has 0 aromatic rings. The Morgan fingerprint density at radius 3 is 2.18 bits per heavy atom. The van der Waals surface area contributed by atoms with Crippen LogP contribution in [0.15, 0.2) is 0 Å². The quantitative estimate of drug-likeness (QED) is 0.330. The summed E-state index contributed by atoms with van der Waals surface area (Å²) in [6.45, 7) is 20.8. The highest BCUT2D eigenvalue weighted by Crippen LogP contribution is 3.18. The fourth-order valence-electron chi connectivity index (χ4n) is 27.1. The summed E-state index contributed by atoms with van der Waals surface area (Å²) in [5, 5.41) is 0. The lowest BCUT2D eigenvalue weighted by Gasteiger charge is -2.90. The van der Waals surface area contributed by atoms with Crippen LogP contribution in [0.1, 0.15) is 87.0 Å². The van der Waals surface area contributed by atoms with E-state index >= 15 is 0 Å². The molecule has 0 radical (unpaired) electrons. The molecule has 14 fully saturated rings. The van der Waals surface area contributed by atoms with Crippen LogP contribution in [0.3, 0.4) is 0 Å². The van der Waals surface area contributed by atoms with Crippen LogP contribution in [0, 0.1) is 149 Å². The molecule has 0 aromatic carbocycles. The van der Waals surface area contributed by atoms with Crippen molar-refractivity contribution in [1.82, 2.24) is 0 Å². The fraction of sp³-hybridized carbons (Fsp3) is 1.00. The van der Waals surface area contributed by atoms with Crippen molar-refractivity contribution >= 4 is 0 Å². The predicted molar refractivity (Wildman–Crippen MR) is 149 cm³/mol. The Morgan fingerprint density at radius 1 is 0.615 bits per heavy atom. The highest BCUT2D eigenvalue weighted by atomic mass is 15.2. The molecule has 14 rings (SSSR count). The average molecular weight is 519 g/mol. The number of fused-ring (bicyclic) bond motifs is 9. The maximum atomic E-state index is 3.13. The van der Waals surface area contributed by atoms with Gasteiger partial charge in [0.15, 0.2) is 0 Å². The van der Waals surface area contributed by atoms with Crippen molar-refractivity contribution in [2.24, 2.45) is 149 Å². The molecule has 0 aromatic heterocycles. The standard InChI is InChI=1S/C39H50/c1-8-16-29-35-11-12-36(29)22-15(3)33(36,6)34(16,7)38-13-37-25-20-17-9-10-18-23(39(38,30(20)37)32(17,18)5)28(38)27(35)21(25)24-19(26(22)35)14(2)31(24,37)4/h14-30H,8-13H2,1-7H3. The molecule has 0 heterocycles.